The van der Waals surface area contributed by atoms with E-state index >= 15 is 0 Å². The van der Waals surface area contributed by atoms with Gasteiger partial charge in [0.1, 0.15) is 12.4 Å². The third-order valence-electron chi connectivity index (χ3n) is 5.28. The first-order chi connectivity index (χ1) is 12.7. The zero-order valence-corrected chi connectivity index (χ0v) is 16.3. The predicted octanol–water partition coefficient (Wildman–Crippen LogP) is 3.27. The maximum absolute atomic E-state index is 6.08. The van der Waals surface area contributed by atoms with Crippen LogP contribution in [-0.4, -0.2) is 57.7 Å². The van der Waals surface area contributed by atoms with Crippen molar-refractivity contribution in [1.29, 1.82) is 0 Å². The molecule has 0 N–H and O–H groups in total. The normalized spacial score (nSPS) is 19.2. The number of ether oxygens (including phenoxy) is 1. The van der Waals surface area contributed by atoms with E-state index in [0.717, 1.165) is 38.5 Å². The van der Waals surface area contributed by atoms with Gasteiger partial charge in [0, 0.05) is 56.2 Å². The average Bonchev–Trinajstić information content (AvgIpc) is 3.16. The number of piperazine rings is 1. The van der Waals surface area contributed by atoms with Crippen molar-refractivity contribution in [3.8, 4) is 5.75 Å². The van der Waals surface area contributed by atoms with Crippen LogP contribution in [0.5, 0.6) is 5.75 Å². The molecule has 1 aliphatic heterocycles. The molecule has 0 spiro atoms. The zero-order valence-electron chi connectivity index (χ0n) is 16.3. The summed E-state index contributed by atoms with van der Waals surface area (Å²) in [6.45, 7) is 12.8. The Kier molecular flexibility index (Phi) is 6.69. The van der Waals surface area contributed by atoms with Gasteiger partial charge in [0.15, 0.2) is 0 Å². The molecule has 142 valence electrons. The Labute approximate surface area is 157 Å². The molecule has 1 saturated heterocycles. The minimum Gasteiger partial charge on any atom is -0.491 e. The monoisotopic (exact) mass is 356 g/mol. The van der Waals surface area contributed by atoms with Crippen LogP contribution in [-0.2, 0) is 13.1 Å². The summed E-state index contributed by atoms with van der Waals surface area (Å²) in [4.78, 5) is 9.29. The largest absolute Gasteiger partial charge is 0.491 e. The zero-order chi connectivity index (χ0) is 18.4. The van der Waals surface area contributed by atoms with Crippen molar-refractivity contribution in [2.75, 3.05) is 26.2 Å². The van der Waals surface area contributed by atoms with E-state index in [1.807, 2.05) is 17.1 Å². The molecule has 0 bridgehead atoms. The van der Waals surface area contributed by atoms with Crippen molar-refractivity contribution >= 4 is 0 Å². The number of nitrogens with zero attached hydrogens (tertiary/aromatic N) is 4. The number of hydrogen-bond acceptors (Lipinski definition) is 4. The highest BCUT2D eigenvalue weighted by Crippen LogP contribution is 2.23. The van der Waals surface area contributed by atoms with Gasteiger partial charge in [-0.25, -0.2) is 4.98 Å². The molecular weight excluding hydrogens is 324 g/mol. The fourth-order valence-corrected chi connectivity index (χ4v) is 3.82. The molecule has 1 unspecified atom stereocenters. The van der Waals surface area contributed by atoms with Crippen LogP contribution in [0, 0.1) is 0 Å². The SMILES string of the molecule is CCC1CN(Cc2ccccc2OCCn2ccnc2)CCN1C(C)C. The van der Waals surface area contributed by atoms with Crippen LogP contribution in [0.1, 0.15) is 32.8 Å². The van der Waals surface area contributed by atoms with E-state index in [-0.39, 0.29) is 0 Å². The summed E-state index contributed by atoms with van der Waals surface area (Å²) in [7, 11) is 0. The highest BCUT2D eigenvalue weighted by atomic mass is 16.5. The average molecular weight is 357 g/mol. The van der Waals surface area contributed by atoms with Gasteiger partial charge >= 0.3 is 0 Å². The van der Waals surface area contributed by atoms with Gasteiger partial charge in [-0.1, -0.05) is 25.1 Å². The second kappa shape index (κ2) is 9.19. The van der Waals surface area contributed by atoms with E-state index in [1.54, 1.807) is 6.20 Å². The van der Waals surface area contributed by atoms with E-state index < -0.39 is 0 Å². The lowest BCUT2D eigenvalue weighted by Crippen LogP contribution is -2.54. The highest BCUT2D eigenvalue weighted by Gasteiger charge is 2.27. The molecule has 1 atom stereocenters. The molecule has 0 amide bonds. The molecular formula is C21H32N4O. The Morgan fingerprint density at radius 3 is 2.81 bits per heavy atom. The third-order valence-corrected chi connectivity index (χ3v) is 5.28. The molecule has 3 rings (SSSR count). The maximum Gasteiger partial charge on any atom is 0.123 e. The highest BCUT2D eigenvalue weighted by molar-refractivity contribution is 5.33. The van der Waals surface area contributed by atoms with E-state index in [4.69, 9.17) is 4.74 Å². The number of benzene rings is 1. The summed E-state index contributed by atoms with van der Waals surface area (Å²) in [5.74, 6) is 1.01. The van der Waals surface area contributed by atoms with Crippen LogP contribution in [0.2, 0.25) is 0 Å². The number of para-hydroxylation sites is 1. The minimum atomic E-state index is 0.626. The minimum absolute atomic E-state index is 0.626. The Hall–Kier alpha value is -1.85. The molecule has 1 fully saturated rings. The van der Waals surface area contributed by atoms with E-state index in [9.17, 15) is 0 Å². The standard InChI is InChI=1S/C21H32N4O/c1-4-20-16-24(11-12-25(20)18(2)3)15-19-7-5-6-8-21(19)26-14-13-23-10-9-22-17-23/h5-10,17-18,20H,4,11-16H2,1-3H3. The molecule has 2 aromatic rings. The summed E-state index contributed by atoms with van der Waals surface area (Å²) in [6.07, 6.45) is 6.80. The first kappa shape index (κ1) is 18.9. The van der Waals surface area contributed by atoms with Crippen LogP contribution in [0.25, 0.3) is 0 Å². The Bertz CT molecular complexity index is 656. The Morgan fingerprint density at radius 2 is 2.08 bits per heavy atom. The van der Waals surface area contributed by atoms with Crippen LogP contribution < -0.4 is 4.74 Å². The lowest BCUT2D eigenvalue weighted by Gasteiger charge is -2.43. The molecule has 0 saturated carbocycles. The Balaban J connectivity index is 1.57. The maximum atomic E-state index is 6.08. The molecule has 1 aromatic carbocycles. The first-order valence-electron chi connectivity index (χ1n) is 9.82. The van der Waals surface area contributed by atoms with E-state index in [2.05, 4.69) is 59.8 Å². The molecule has 0 aliphatic carbocycles. The van der Waals surface area contributed by atoms with Gasteiger partial charge in [-0.2, -0.15) is 0 Å². The second-order valence-electron chi connectivity index (χ2n) is 7.39. The quantitative estimate of drug-likeness (QED) is 0.727. The molecule has 5 heteroatoms. The van der Waals surface area contributed by atoms with Crippen molar-refractivity contribution in [3.05, 3.63) is 48.5 Å². The van der Waals surface area contributed by atoms with Crippen molar-refractivity contribution in [1.82, 2.24) is 19.4 Å². The third kappa shape index (κ3) is 4.86. The summed E-state index contributed by atoms with van der Waals surface area (Å²) < 4.78 is 8.12. The second-order valence-corrected chi connectivity index (χ2v) is 7.39. The van der Waals surface area contributed by atoms with Gasteiger partial charge in [0.2, 0.25) is 0 Å². The molecule has 2 heterocycles. The van der Waals surface area contributed by atoms with Crippen molar-refractivity contribution in [2.45, 2.75) is 52.4 Å². The van der Waals surface area contributed by atoms with Gasteiger partial charge in [-0.15, -0.1) is 0 Å². The van der Waals surface area contributed by atoms with Gasteiger partial charge < -0.3 is 9.30 Å². The fraction of sp³-hybridized carbons (Fsp3) is 0.571. The molecule has 5 nitrogen and oxygen atoms in total. The summed E-state index contributed by atoms with van der Waals surface area (Å²) in [5.41, 5.74) is 1.28. The number of imidazole rings is 1. The predicted molar refractivity (Wildman–Crippen MR) is 105 cm³/mol. The topological polar surface area (TPSA) is 33.5 Å². The number of hydrogen-bond donors (Lipinski definition) is 0. The van der Waals surface area contributed by atoms with Crippen molar-refractivity contribution in [3.63, 3.8) is 0 Å². The number of aromatic nitrogens is 2. The lowest BCUT2D eigenvalue weighted by molar-refractivity contribution is 0.0452. The summed E-state index contributed by atoms with van der Waals surface area (Å²) in [5, 5.41) is 0. The van der Waals surface area contributed by atoms with Crippen molar-refractivity contribution in [2.24, 2.45) is 0 Å². The van der Waals surface area contributed by atoms with Crippen molar-refractivity contribution < 1.29 is 4.74 Å². The number of rotatable bonds is 8. The molecule has 1 aromatic heterocycles. The van der Waals surface area contributed by atoms with Gasteiger partial charge in [0.25, 0.3) is 0 Å². The molecule has 0 radical (unpaired) electrons. The first-order valence-corrected chi connectivity index (χ1v) is 9.82. The molecule has 26 heavy (non-hydrogen) atoms. The molecule has 1 aliphatic rings. The fourth-order valence-electron chi connectivity index (χ4n) is 3.82. The van der Waals surface area contributed by atoms with Crippen LogP contribution in [0.15, 0.2) is 43.0 Å². The van der Waals surface area contributed by atoms with Gasteiger partial charge in [-0.05, 0) is 26.3 Å². The van der Waals surface area contributed by atoms with Crippen LogP contribution in [0.3, 0.4) is 0 Å². The van der Waals surface area contributed by atoms with E-state index in [1.165, 1.54) is 12.0 Å². The Morgan fingerprint density at radius 1 is 1.23 bits per heavy atom. The van der Waals surface area contributed by atoms with E-state index in [0.29, 0.717) is 18.7 Å². The summed E-state index contributed by atoms with van der Waals surface area (Å²) in [6, 6.07) is 9.73. The summed E-state index contributed by atoms with van der Waals surface area (Å²) >= 11 is 0. The van der Waals surface area contributed by atoms with Gasteiger partial charge in [-0.3, -0.25) is 9.80 Å². The smallest absolute Gasteiger partial charge is 0.123 e. The van der Waals surface area contributed by atoms with Crippen LogP contribution in [0.4, 0.5) is 0 Å². The van der Waals surface area contributed by atoms with Crippen LogP contribution >= 0.6 is 0 Å². The lowest BCUT2D eigenvalue weighted by atomic mass is 10.1. The van der Waals surface area contributed by atoms with Gasteiger partial charge in [0.05, 0.1) is 12.9 Å².